The van der Waals surface area contributed by atoms with Crippen LogP contribution in [0.5, 0.6) is 0 Å². The minimum atomic E-state index is -0.450. The van der Waals surface area contributed by atoms with Gasteiger partial charge >= 0.3 is 0 Å². The second kappa shape index (κ2) is 5.33. The predicted molar refractivity (Wildman–Crippen MR) is 78.0 cm³/mol. The lowest BCUT2D eigenvalue weighted by Crippen LogP contribution is -2.60. The van der Waals surface area contributed by atoms with E-state index in [1.54, 1.807) is 4.90 Å². The van der Waals surface area contributed by atoms with Crippen molar-refractivity contribution in [2.75, 3.05) is 11.4 Å². The Hall–Kier alpha value is -1.36. The molecule has 1 aliphatic heterocycles. The zero-order chi connectivity index (χ0) is 14.2. The summed E-state index contributed by atoms with van der Waals surface area (Å²) in [6.07, 6.45) is 0. The van der Waals surface area contributed by atoms with E-state index in [1.165, 1.54) is 0 Å². The largest absolute Gasteiger partial charge is 0.342 e. The summed E-state index contributed by atoms with van der Waals surface area (Å²) in [7, 11) is 0. The summed E-state index contributed by atoms with van der Waals surface area (Å²) < 4.78 is 0.862. The molecule has 1 aromatic rings. The standard InChI is InChI=1S/C14H17BrN2O2/c1-8(2)13-14(19)17(7-11(18)16-13)10-6-4-5-9(3)12(10)15/h4-6,8,13H,7H2,1-3H3,(H,16,18). The molecule has 1 fully saturated rings. The second-order valence-electron chi connectivity index (χ2n) is 5.12. The fourth-order valence-electron chi connectivity index (χ4n) is 2.17. The normalized spacial score (nSPS) is 19.8. The first-order chi connectivity index (χ1) is 8.91. The number of carbonyl (C=O) groups is 2. The third-order valence-electron chi connectivity index (χ3n) is 3.28. The van der Waals surface area contributed by atoms with Crippen molar-refractivity contribution in [3.63, 3.8) is 0 Å². The SMILES string of the molecule is Cc1cccc(N2CC(=O)NC(C(C)C)C2=O)c1Br. The van der Waals surface area contributed by atoms with Crippen molar-refractivity contribution >= 4 is 33.4 Å². The first-order valence-corrected chi connectivity index (χ1v) is 7.07. The van der Waals surface area contributed by atoms with Crippen LogP contribution in [0.25, 0.3) is 0 Å². The van der Waals surface area contributed by atoms with Crippen molar-refractivity contribution in [1.82, 2.24) is 5.32 Å². The molecule has 5 heteroatoms. The van der Waals surface area contributed by atoms with Crippen LogP contribution >= 0.6 is 15.9 Å². The number of piperazine rings is 1. The Morgan fingerprint density at radius 1 is 1.37 bits per heavy atom. The third kappa shape index (κ3) is 2.66. The van der Waals surface area contributed by atoms with E-state index in [4.69, 9.17) is 0 Å². The van der Waals surface area contributed by atoms with Crippen molar-refractivity contribution in [2.24, 2.45) is 5.92 Å². The number of nitrogens with zero attached hydrogens (tertiary/aromatic N) is 1. The predicted octanol–water partition coefficient (Wildman–Crippen LogP) is 2.24. The van der Waals surface area contributed by atoms with E-state index in [9.17, 15) is 9.59 Å². The molecule has 0 aliphatic carbocycles. The first-order valence-electron chi connectivity index (χ1n) is 6.27. The van der Waals surface area contributed by atoms with Crippen LogP contribution in [0.15, 0.2) is 22.7 Å². The number of benzene rings is 1. The van der Waals surface area contributed by atoms with E-state index in [0.717, 1.165) is 15.7 Å². The lowest BCUT2D eigenvalue weighted by atomic mass is 10.00. The Morgan fingerprint density at radius 3 is 2.68 bits per heavy atom. The van der Waals surface area contributed by atoms with Gasteiger partial charge in [-0.2, -0.15) is 0 Å². The van der Waals surface area contributed by atoms with Crippen LogP contribution in [-0.2, 0) is 9.59 Å². The molecule has 0 radical (unpaired) electrons. The van der Waals surface area contributed by atoms with Crippen molar-refractivity contribution in [2.45, 2.75) is 26.8 Å². The maximum Gasteiger partial charge on any atom is 0.250 e. The van der Waals surface area contributed by atoms with Gasteiger partial charge in [0.15, 0.2) is 0 Å². The Bertz CT molecular complexity index is 528. The van der Waals surface area contributed by atoms with Crippen LogP contribution in [-0.4, -0.2) is 24.4 Å². The van der Waals surface area contributed by atoms with Gasteiger partial charge in [0, 0.05) is 4.47 Å². The van der Waals surface area contributed by atoms with E-state index in [-0.39, 0.29) is 24.3 Å². The zero-order valence-corrected chi connectivity index (χ0v) is 12.8. The molecule has 0 bridgehead atoms. The number of hydrogen-bond donors (Lipinski definition) is 1. The highest BCUT2D eigenvalue weighted by molar-refractivity contribution is 9.10. The van der Waals surface area contributed by atoms with Gasteiger partial charge in [0.05, 0.1) is 5.69 Å². The van der Waals surface area contributed by atoms with Crippen molar-refractivity contribution < 1.29 is 9.59 Å². The quantitative estimate of drug-likeness (QED) is 0.907. The number of aryl methyl sites for hydroxylation is 1. The van der Waals surface area contributed by atoms with E-state index in [1.807, 2.05) is 39.0 Å². The van der Waals surface area contributed by atoms with Gasteiger partial charge in [0.25, 0.3) is 0 Å². The molecular formula is C14H17BrN2O2. The molecule has 2 rings (SSSR count). The maximum absolute atomic E-state index is 12.5. The van der Waals surface area contributed by atoms with Gasteiger partial charge in [0.1, 0.15) is 12.6 Å². The summed E-state index contributed by atoms with van der Waals surface area (Å²) >= 11 is 3.49. The van der Waals surface area contributed by atoms with Crippen LogP contribution in [0.2, 0.25) is 0 Å². The first kappa shape index (κ1) is 14.1. The molecule has 1 aliphatic rings. The Kier molecular flexibility index (Phi) is 3.94. The highest BCUT2D eigenvalue weighted by Crippen LogP contribution is 2.30. The van der Waals surface area contributed by atoms with Gasteiger partial charge in [0.2, 0.25) is 11.8 Å². The summed E-state index contributed by atoms with van der Waals surface area (Å²) in [5.74, 6) is -0.101. The van der Waals surface area contributed by atoms with E-state index in [0.29, 0.717) is 0 Å². The molecule has 19 heavy (non-hydrogen) atoms. The molecule has 0 spiro atoms. The summed E-state index contributed by atoms with van der Waals surface area (Å²) in [5, 5.41) is 2.75. The minimum absolute atomic E-state index is 0.0547. The molecule has 1 saturated heterocycles. The number of hydrogen-bond acceptors (Lipinski definition) is 2. The molecule has 4 nitrogen and oxygen atoms in total. The number of rotatable bonds is 2. The summed E-state index contributed by atoms with van der Waals surface area (Å²) in [5.41, 5.74) is 1.79. The molecule has 1 heterocycles. The van der Waals surface area contributed by atoms with Crippen LogP contribution in [0.3, 0.4) is 0 Å². The van der Waals surface area contributed by atoms with Gasteiger partial charge in [-0.25, -0.2) is 0 Å². The Labute approximate surface area is 121 Å². The van der Waals surface area contributed by atoms with Gasteiger partial charge in [-0.05, 0) is 40.4 Å². The lowest BCUT2D eigenvalue weighted by molar-refractivity contribution is -0.132. The van der Waals surface area contributed by atoms with Gasteiger partial charge < -0.3 is 10.2 Å². The fourth-order valence-corrected chi connectivity index (χ4v) is 2.64. The van der Waals surface area contributed by atoms with Gasteiger partial charge in [-0.1, -0.05) is 26.0 Å². The third-order valence-corrected chi connectivity index (χ3v) is 4.31. The van der Waals surface area contributed by atoms with Gasteiger partial charge in [-0.15, -0.1) is 0 Å². The van der Waals surface area contributed by atoms with E-state index < -0.39 is 6.04 Å². The second-order valence-corrected chi connectivity index (χ2v) is 5.91. The molecule has 102 valence electrons. The Morgan fingerprint density at radius 2 is 2.05 bits per heavy atom. The molecule has 0 saturated carbocycles. The molecule has 1 atom stereocenters. The lowest BCUT2D eigenvalue weighted by Gasteiger charge is -2.35. The number of amides is 2. The molecule has 1 N–H and O–H groups in total. The van der Waals surface area contributed by atoms with Crippen molar-refractivity contribution in [1.29, 1.82) is 0 Å². The molecule has 0 aromatic heterocycles. The summed E-state index contributed by atoms with van der Waals surface area (Å²) in [6.45, 7) is 5.89. The Balaban J connectivity index is 2.40. The molecule has 2 amide bonds. The van der Waals surface area contributed by atoms with Crippen molar-refractivity contribution in [3.8, 4) is 0 Å². The number of nitrogens with one attached hydrogen (secondary N) is 1. The summed E-state index contributed by atoms with van der Waals surface area (Å²) in [6, 6.07) is 5.25. The minimum Gasteiger partial charge on any atom is -0.342 e. The van der Waals surface area contributed by atoms with E-state index >= 15 is 0 Å². The highest BCUT2D eigenvalue weighted by atomic mass is 79.9. The average molecular weight is 325 g/mol. The van der Waals surface area contributed by atoms with Crippen LogP contribution in [0.1, 0.15) is 19.4 Å². The van der Waals surface area contributed by atoms with Crippen LogP contribution in [0, 0.1) is 12.8 Å². The maximum atomic E-state index is 12.5. The van der Waals surface area contributed by atoms with Crippen LogP contribution in [0.4, 0.5) is 5.69 Å². The monoisotopic (exact) mass is 324 g/mol. The highest BCUT2D eigenvalue weighted by Gasteiger charge is 2.35. The van der Waals surface area contributed by atoms with E-state index in [2.05, 4.69) is 21.2 Å². The number of halogens is 1. The van der Waals surface area contributed by atoms with Crippen molar-refractivity contribution in [3.05, 3.63) is 28.2 Å². The average Bonchev–Trinajstić information content (AvgIpc) is 2.35. The fraction of sp³-hybridized carbons (Fsp3) is 0.429. The smallest absolute Gasteiger partial charge is 0.250 e. The topological polar surface area (TPSA) is 49.4 Å². The summed E-state index contributed by atoms with van der Waals surface area (Å²) in [4.78, 5) is 25.8. The van der Waals surface area contributed by atoms with Gasteiger partial charge in [-0.3, -0.25) is 9.59 Å². The van der Waals surface area contributed by atoms with Crippen LogP contribution < -0.4 is 10.2 Å². The molecule has 1 aromatic carbocycles. The molecule has 1 unspecified atom stereocenters. The zero-order valence-electron chi connectivity index (χ0n) is 11.2. The number of anilines is 1. The molecular weight excluding hydrogens is 308 g/mol. The number of carbonyl (C=O) groups excluding carboxylic acids is 2.